The lowest BCUT2D eigenvalue weighted by molar-refractivity contribution is 0.403. The lowest BCUT2D eigenvalue weighted by Crippen LogP contribution is -2.14. The predicted molar refractivity (Wildman–Crippen MR) is 80.0 cm³/mol. The highest BCUT2D eigenvalue weighted by molar-refractivity contribution is 7.92. The van der Waals surface area contributed by atoms with E-state index in [4.69, 9.17) is 21.6 Å². The average Bonchev–Trinajstić information content (AvgIpc) is 2.49. The molecular formula is C14H11ClN2O3S. The van der Waals surface area contributed by atoms with Crippen LogP contribution in [0.1, 0.15) is 5.56 Å². The number of hydrogen-bond acceptors (Lipinski definition) is 4. The zero-order valence-corrected chi connectivity index (χ0v) is 12.6. The van der Waals surface area contributed by atoms with Gasteiger partial charge in [-0.1, -0.05) is 23.7 Å². The van der Waals surface area contributed by atoms with E-state index in [-0.39, 0.29) is 26.9 Å². The first-order chi connectivity index (χ1) is 9.97. The van der Waals surface area contributed by atoms with Crippen molar-refractivity contribution < 1.29 is 13.2 Å². The van der Waals surface area contributed by atoms with Crippen LogP contribution >= 0.6 is 11.6 Å². The van der Waals surface area contributed by atoms with Crippen LogP contribution in [0, 0.1) is 11.3 Å². The molecule has 0 aromatic heterocycles. The molecule has 0 saturated heterocycles. The molecule has 0 amide bonds. The maximum Gasteiger partial charge on any atom is 0.265 e. The minimum atomic E-state index is -3.82. The summed E-state index contributed by atoms with van der Waals surface area (Å²) in [6.45, 7) is 0. The Balaban J connectivity index is 2.40. The quantitative estimate of drug-likeness (QED) is 0.938. The first-order valence-corrected chi connectivity index (χ1v) is 7.69. The van der Waals surface area contributed by atoms with Gasteiger partial charge in [0.05, 0.1) is 23.4 Å². The van der Waals surface area contributed by atoms with E-state index in [2.05, 4.69) is 4.72 Å². The zero-order valence-electron chi connectivity index (χ0n) is 11.0. The number of nitrogens with zero attached hydrogens (tertiary/aromatic N) is 1. The number of nitrogens with one attached hydrogen (secondary N) is 1. The van der Waals surface area contributed by atoms with Gasteiger partial charge in [-0.3, -0.25) is 4.72 Å². The van der Waals surface area contributed by atoms with Crippen LogP contribution in [-0.4, -0.2) is 15.5 Å². The minimum absolute atomic E-state index is 0.0148. The van der Waals surface area contributed by atoms with Crippen LogP contribution in [0.25, 0.3) is 0 Å². The molecule has 0 radical (unpaired) electrons. The van der Waals surface area contributed by atoms with Crippen molar-refractivity contribution in [1.82, 2.24) is 0 Å². The monoisotopic (exact) mass is 322 g/mol. The molecule has 0 heterocycles. The second kappa shape index (κ2) is 6.04. The Hall–Kier alpha value is -2.23. The van der Waals surface area contributed by atoms with Gasteiger partial charge in [-0.05, 0) is 30.3 Å². The van der Waals surface area contributed by atoms with Gasteiger partial charge in [-0.2, -0.15) is 5.26 Å². The van der Waals surface area contributed by atoms with Crippen LogP contribution in [0.5, 0.6) is 5.75 Å². The summed E-state index contributed by atoms with van der Waals surface area (Å²) in [6, 6.07) is 12.5. The van der Waals surface area contributed by atoms with Crippen molar-refractivity contribution in [3.63, 3.8) is 0 Å². The molecular weight excluding hydrogens is 312 g/mol. The van der Waals surface area contributed by atoms with Crippen LogP contribution in [0.4, 0.5) is 5.69 Å². The van der Waals surface area contributed by atoms with Crippen molar-refractivity contribution in [2.45, 2.75) is 4.90 Å². The SMILES string of the molecule is COc1ccccc1S(=O)(=O)Nc1ccc(Cl)c(C#N)c1. The molecule has 2 rings (SSSR count). The van der Waals surface area contributed by atoms with Gasteiger partial charge in [-0.15, -0.1) is 0 Å². The lowest BCUT2D eigenvalue weighted by atomic mass is 10.2. The first-order valence-electron chi connectivity index (χ1n) is 5.83. The Labute approximate surface area is 127 Å². The normalized spacial score (nSPS) is 10.7. The number of rotatable bonds is 4. The van der Waals surface area contributed by atoms with E-state index in [0.29, 0.717) is 0 Å². The van der Waals surface area contributed by atoms with Crippen molar-refractivity contribution in [2.75, 3.05) is 11.8 Å². The molecule has 2 aromatic rings. The number of anilines is 1. The highest BCUT2D eigenvalue weighted by atomic mass is 35.5. The lowest BCUT2D eigenvalue weighted by Gasteiger charge is -2.11. The molecule has 2 aromatic carbocycles. The average molecular weight is 323 g/mol. The number of halogens is 1. The smallest absolute Gasteiger partial charge is 0.265 e. The van der Waals surface area contributed by atoms with E-state index in [1.165, 1.54) is 31.4 Å². The molecule has 0 saturated carbocycles. The summed E-state index contributed by atoms with van der Waals surface area (Å²) in [6.07, 6.45) is 0. The Morgan fingerprint density at radius 2 is 1.95 bits per heavy atom. The largest absolute Gasteiger partial charge is 0.495 e. The van der Waals surface area contributed by atoms with Crippen molar-refractivity contribution >= 4 is 27.3 Å². The van der Waals surface area contributed by atoms with E-state index in [0.717, 1.165) is 0 Å². The number of hydrogen-bond donors (Lipinski definition) is 1. The molecule has 0 bridgehead atoms. The number of methoxy groups -OCH3 is 1. The van der Waals surface area contributed by atoms with Crippen LogP contribution in [-0.2, 0) is 10.0 Å². The van der Waals surface area contributed by atoms with Crippen LogP contribution in [0.2, 0.25) is 5.02 Å². The van der Waals surface area contributed by atoms with Gasteiger partial charge in [0.15, 0.2) is 0 Å². The number of benzene rings is 2. The van der Waals surface area contributed by atoms with Crippen molar-refractivity contribution in [2.24, 2.45) is 0 Å². The molecule has 21 heavy (non-hydrogen) atoms. The topological polar surface area (TPSA) is 79.2 Å². The number of nitriles is 1. The molecule has 7 heteroatoms. The third-order valence-corrected chi connectivity index (χ3v) is 4.45. The van der Waals surface area contributed by atoms with Crippen LogP contribution in [0.15, 0.2) is 47.4 Å². The van der Waals surface area contributed by atoms with E-state index < -0.39 is 10.0 Å². The summed E-state index contributed by atoms with van der Waals surface area (Å²) in [5, 5.41) is 9.17. The Bertz CT molecular complexity index is 813. The van der Waals surface area contributed by atoms with Gasteiger partial charge in [0.2, 0.25) is 0 Å². The molecule has 0 aliphatic rings. The number of ether oxygens (including phenoxy) is 1. The molecule has 0 fully saturated rings. The third-order valence-electron chi connectivity index (χ3n) is 2.70. The summed E-state index contributed by atoms with van der Waals surface area (Å²) in [5.74, 6) is 0.236. The highest BCUT2D eigenvalue weighted by Crippen LogP contribution is 2.26. The fraction of sp³-hybridized carbons (Fsp3) is 0.0714. The van der Waals surface area contributed by atoms with Gasteiger partial charge in [0.25, 0.3) is 10.0 Å². The zero-order chi connectivity index (χ0) is 15.5. The predicted octanol–water partition coefficient (Wildman–Crippen LogP) is 3.02. The maximum atomic E-state index is 12.4. The van der Waals surface area contributed by atoms with Gasteiger partial charge in [0, 0.05) is 0 Å². The van der Waals surface area contributed by atoms with E-state index in [1.54, 1.807) is 18.2 Å². The molecule has 0 aliphatic carbocycles. The van der Waals surface area contributed by atoms with Gasteiger partial charge < -0.3 is 4.74 Å². The Morgan fingerprint density at radius 1 is 1.24 bits per heavy atom. The molecule has 0 unspecified atom stereocenters. The highest BCUT2D eigenvalue weighted by Gasteiger charge is 2.19. The molecule has 5 nitrogen and oxygen atoms in total. The van der Waals surface area contributed by atoms with Gasteiger partial charge in [0.1, 0.15) is 16.7 Å². The van der Waals surface area contributed by atoms with E-state index >= 15 is 0 Å². The van der Waals surface area contributed by atoms with Crippen molar-refractivity contribution in [1.29, 1.82) is 5.26 Å². The summed E-state index contributed by atoms with van der Waals surface area (Å²) in [4.78, 5) is 0.0148. The Kier molecular flexibility index (Phi) is 4.36. The van der Waals surface area contributed by atoms with Gasteiger partial charge >= 0.3 is 0 Å². The minimum Gasteiger partial charge on any atom is -0.495 e. The van der Waals surface area contributed by atoms with Gasteiger partial charge in [-0.25, -0.2) is 8.42 Å². The fourth-order valence-corrected chi connectivity index (χ4v) is 3.11. The maximum absolute atomic E-state index is 12.4. The summed E-state index contributed by atoms with van der Waals surface area (Å²) in [7, 11) is -2.43. The van der Waals surface area contributed by atoms with Crippen LogP contribution in [0.3, 0.4) is 0 Å². The first kappa shape index (κ1) is 15.2. The second-order valence-electron chi connectivity index (χ2n) is 4.06. The third kappa shape index (κ3) is 3.27. The summed E-state index contributed by atoms with van der Waals surface area (Å²) in [5.41, 5.74) is 0.443. The number of sulfonamides is 1. The molecule has 0 atom stereocenters. The standard InChI is InChI=1S/C14H11ClN2O3S/c1-20-13-4-2-3-5-14(13)21(18,19)17-11-6-7-12(15)10(8-11)9-16/h2-8,17H,1H3. The van der Waals surface area contributed by atoms with E-state index in [1.807, 2.05) is 6.07 Å². The van der Waals surface area contributed by atoms with Crippen molar-refractivity contribution in [3.8, 4) is 11.8 Å². The van der Waals surface area contributed by atoms with Crippen molar-refractivity contribution in [3.05, 3.63) is 53.1 Å². The van der Waals surface area contributed by atoms with E-state index in [9.17, 15) is 8.42 Å². The van der Waals surface area contributed by atoms with Crippen LogP contribution < -0.4 is 9.46 Å². The second-order valence-corrected chi connectivity index (χ2v) is 6.12. The fourth-order valence-electron chi connectivity index (χ4n) is 1.73. The summed E-state index contributed by atoms with van der Waals surface area (Å²) < 4.78 is 32.2. The Morgan fingerprint density at radius 3 is 2.62 bits per heavy atom. The summed E-state index contributed by atoms with van der Waals surface area (Å²) >= 11 is 5.81. The molecule has 0 spiro atoms. The molecule has 108 valence electrons. The molecule has 1 N–H and O–H groups in total. The number of para-hydroxylation sites is 1. The molecule has 0 aliphatic heterocycles.